The number of aliphatic hydroxyl groups is 1. The second kappa shape index (κ2) is 7.26. The van der Waals surface area contributed by atoms with E-state index < -0.39 is 5.60 Å². The summed E-state index contributed by atoms with van der Waals surface area (Å²) in [4.78, 5) is 26.4. The Kier molecular flexibility index (Phi) is 5.58. The Balaban J connectivity index is 1.91. The zero-order valence-corrected chi connectivity index (χ0v) is 14.3. The topological polar surface area (TPSA) is 57.6 Å². The summed E-state index contributed by atoms with van der Waals surface area (Å²) in [5.41, 5.74) is 0.963. The fourth-order valence-electron chi connectivity index (χ4n) is 3.23. The van der Waals surface area contributed by atoms with E-state index in [0.29, 0.717) is 12.1 Å². The first-order valence-electron chi connectivity index (χ1n) is 8.47. The minimum atomic E-state index is -0.897. The standard InChI is InChI=1S/C19H27NO3/c1-4-14-7-9-15(10-8-14)16(21)11-12-18(22)20-13-5-6-17(20)19(2,3)23/h7-10,17,23H,4-6,11-13H2,1-3H3. The molecule has 1 fully saturated rings. The molecule has 1 heterocycles. The van der Waals surface area contributed by atoms with Crippen LogP contribution in [0.25, 0.3) is 0 Å². The molecule has 1 aromatic rings. The quantitative estimate of drug-likeness (QED) is 0.821. The SMILES string of the molecule is CCc1ccc(C(=O)CCC(=O)N2CCCC2C(C)(C)O)cc1. The molecule has 0 bridgehead atoms. The van der Waals surface area contributed by atoms with Crippen molar-refractivity contribution in [1.29, 1.82) is 0 Å². The van der Waals surface area contributed by atoms with E-state index in [4.69, 9.17) is 0 Å². The average Bonchev–Trinajstić information content (AvgIpc) is 3.02. The normalized spacial score (nSPS) is 18.3. The molecular weight excluding hydrogens is 290 g/mol. The zero-order valence-electron chi connectivity index (χ0n) is 14.3. The Labute approximate surface area is 138 Å². The number of ketones is 1. The fraction of sp³-hybridized carbons (Fsp3) is 0.579. The number of aryl methyl sites for hydroxylation is 1. The van der Waals surface area contributed by atoms with E-state index in [9.17, 15) is 14.7 Å². The first-order chi connectivity index (χ1) is 10.8. The first-order valence-corrected chi connectivity index (χ1v) is 8.47. The van der Waals surface area contributed by atoms with E-state index in [1.807, 2.05) is 24.3 Å². The molecule has 1 atom stereocenters. The zero-order chi connectivity index (χ0) is 17.0. The van der Waals surface area contributed by atoms with Gasteiger partial charge in [0.05, 0.1) is 11.6 Å². The molecule has 0 spiro atoms. The van der Waals surface area contributed by atoms with Gasteiger partial charge in [0.15, 0.2) is 5.78 Å². The smallest absolute Gasteiger partial charge is 0.223 e. The highest BCUT2D eigenvalue weighted by Gasteiger charge is 2.38. The monoisotopic (exact) mass is 317 g/mol. The van der Waals surface area contributed by atoms with Gasteiger partial charge in [-0.3, -0.25) is 9.59 Å². The molecule has 126 valence electrons. The van der Waals surface area contributed by atoms with Crippen LogP contribution in [-0.2, 0) is 11.2 Å². The molecule has 1 aliphatic rings. The summed E-state index contributed by atoms with van der Waals surface area (Å²) < 4.78 is 0. The highest BCUT2D eigenvalue weighted by Crippen LogP contribution is 2.27. The van der Waals surface area contributed by atoms with Crippen LogP contribution in [0.5, 0.6) is 0 Å². The molecule has 1 amide bonds. The predicted octanol–water partition coefficient (Wildman–Crippen LogP) is 2.97. The summed E-state index contributed by atoms with van der Waals surface area (Å²) in [6.45, 7) is 6.23. The maximum atomic E-state index is 12.4. The van der Waals surface area contributed by atoms with Gasteiger partial charge < -0.3 is 10.0 Å². The van der Waals surface area contributed by atoms with Crippen molar-refractivity contribution in [2.75, 3.05) is 6.54 Å². The van der Waals surface area contributed by atoms with Gasteiger partial charge in [-0.05, 0) is 38.7 Å². The number of carbonyl (C=O) groups is 2. The summed E-state index contributed by atoms with van der Waals surface area (Å²) in [6, 6.07) is 7.44. The van der Waals surface area contributed by atoms with Crippen LogP contribution in [-0.4, -0.2) is 39.9 Å². The van der Waals surface area contributed by atoms with Crippen LogP contribution < -0.4 is 0 Å². The van der Waals surface area contributed by atoms with Gasteiger partial charge in [0, 0.05) is 24.9 Å². The lowest BCUT2D eigenvalue weighted by atomic mass is 9.96. The van der Waals surface area contributed by atoms with E-state index in [1.54, 1.807) is 18.7 Å². The molecule has 1 saturated heterocycles. The number of hydrogen-bond donors (Lipinski definition) is 1. The average molecular weight is 317 g/mol. The molecule has 0 saturated carbocycles. The van der Waals surface area contributed by atoms with Gasteiger partial charge in [-0.15, -0.1) is 0 Å². The summed E-state index contributed by atoms with van der Waals surface area (Å²) in [7, 11) is 0. The Morgan fingerprint density at radius 1 is 1.22 bits per heavy atom. The summed E-state index contributed by atoms with van der Waals surface area (Å²) in [5, 5.41) is 10.2. The van der Waals surface area contributed by atoms with Gasteiger partial charge in [0.25, 0.3) is 0 Å². The number of benzene rings is 1. The van der Waals surface area contributed by atoms with Crippen LogP contribution in [0, 0.1) is 0 Å². The fourth-order valence-corrected chi connectivity index (χ4v) is 3.23. The molecule has 1 aliphatic heterocycles. The summed E-state index contributed by atoms with van der Waals surface area (Å²) in [6.07, 6.45) is 3.11. The highest BCUT2D eigenvalue weighted by molar-refractivity contribution is 5.98. The van der Waals surface area contributed by atoms with Crippen molar-refractivity contribution in [3.63, 3.8) is 0 Å². The van der Waals surface area contributed by atoms with Crippen molar-refractivity contribution in [2.45, 2.75) is 64.5 Å². The van der Waals surface area contributed by atoms with Gasteiger partial charge in [-0.2, -0.15) is 0 Å². The molecule has 0 radical (unpaired) electrons. The number of hydrogen-bond acceptors (Lipinski definition) is 3. The molecule has 23 heavy (non-hydrogen) atoms. The molecule has 0 aliphatic carbocycles. The van der Waals surface area contributed by atoms with Crippen molar-refractivity contribution in [3.05, 3.63) is 35.4 Å². The number of Topliss-reactive ketones (excluding diaryl/α,β-unsaturated/α-hetero) is 1. The summed E-state index contributed by atoms with van der Waals surface area (Å²) >= 11 is 0. The third-order valence-corrected chi connectivity index (χ3v) is 4.64. The van der Waals surface area contributed by atoms with Crippen LogP contribution in [0.4, 0.5) is 0 Å². The molecule has 2 rings (SSSR count). The van der Waals surface area contributed by atoms with Crippen molar-refractivity contribution in [3.8, 4) is 0 Å². The Morgan fingerprint density at radius 2 is 1.87 bits per heavy atom. The second-order valence-electron chi connectivity index (χ2n) is 6.87. The molecule has 1 unspecified atom stereocenters. The minimum absolute atomic E-state index is 0.00000803. The molecule has 1 aromatic carbocycles. The minimum Gasteiger partial charge on any atom is -0.388 e. The van der Waals surface area contributed by atoms with E-state index in [2.05, 4.69) is 6.92 Å². The van der Waals surface area contributed by atoms with Gasteiger partial charge >= 0.3 is 0 Å². The van der Waals surface area contributed by atoms with Crippen molar-refractivity contribution < 1.29 is 14.7 Å². The Morgan fingerprint density at radius 3 is 2.43 bits per heavy atom. The van der Waals surface area contributed by atoms with Crippen molar-refractivity contribution >= 4 is 11.7 Å². The Bertz CT molecular complexity index is 557. The van der Waals surface area contributed by atoms with Crippen LogP contribution in [0.2, 0.25) is 0 Å². The largest absolute Gasteiger partial charge is 0.388 e. The lowest BCUT2D eigenvalue weighted by Crippen LogP contribution is -2.48. The van der Waals surface area contributed by atoms with E-state index >= 15 is 0 Å². The Hall–Kier alpha value is -1.68. The second-order valence-corrected chi connectivity index (χ2v) is 6.87. The molecular formula is C19H27NO3. The molecule has 0 aromatic heterocycles. The number of rotatable bonds is 6. The van der Waals surface area contributed by atoms with Crippen LogP contribution in [0.3, 0.4) is 0 Å². The van der Waals surface area contributed by atoms with Crippen LogP contribution in [0.1, 0.15) is 62.4 Å². The van der Waals surface area contributed by atoms with Gasteiger partial charge in [-0.25, -0.2) is 0 Å². The lowest BCUT2D eigenvalue weighted by Gasteiger charge is -2.33. The number of carbonyl (C=O) groups excluding carboxylic acids is 2. The van der Waals surface area contributed by atoms with Gasteiger partial charge in [0.1, 0.15) is 0 Å². The molecule has 4 heteroatoms. The molecule has 4 nitrogen and oxygen atoms in total. The lowest BCUT2D eigenvalue weighted by molar-refractivity contribution is -0.136. The third-order valence-electron chi connectivity index (χ3n) is 4.64. The van der Waals surface area contributed by atoms with Gasteiger partial charge in [-0.1, -0.05) is 31.2 Å². The predicted molar refractivity (Wildman–Crippen MR) is 90.4 cm³/mol. The maximum Gasteiger partial charge on any atom is 0.223 e. The first kappa shape index (κ1) is 17.7. The van der Waals surface area contributed by atoms with Crippen LogP contribution in [0.15, 0.2) is 24.3 Å². The van der Waals surface area contributed by atoms with Crippen LogP contribution >= 0.6 is 0 Å². The van der Waals surface area contributed by atoms with Crippen molar-refractivity contribution in [2.24, 2.45) is 0 Å². The highest BCUT2D eigenvalue weighted by atomic mass is 16.3. The maximum absolute atomic E-state index is 12.4. The van der Waals surface area contributed by atoms with E-state index in [1.165, 1.54) is 5.56 Å². The number of nitrogens with zero attached hydrogens (tertiary/aromatic N) is 1. The van der Waals surface area contributed by atoms with Gasteiger partial charge in [0.2, 0.25) is 5.91 Å². The molecule has 1 N–H and O–H groups in total. The third kappa shape index (κ3) is 4.41. The van der Waals surface area contributed by atoms with E-state index in [0.717, 1.165) is 19.3 Å². The summed E-state index contributed by atoms with van der Waals surface area (Å²) in [5.74, 6) is -0.0341. The number of likely N-dealkylation sites (tertiary alicyclic amines) is 1. The van der Waals surface area contributed by atoms with E-state index in [-0.39, 0.29) is 30.6 Å². The van der Waals surface area contributed by atoms with Crippen molar-refractivity contribution in [1.82, 2.24) is 4.90 Å². The number of amides is 1.